The van der Waals surface area contributed by atoms with E-state index in [1.54, 1.807) is 16.8 Å². The van der Waals surface area contributed by atoms with Gasteiger partial charge in [0, 0.05) is 18.0 Å². The predicted octanol–water partition coefficient (Wildman–Crippen LogP) is 3.75. The van der Waals surface area contributed by atoms with Crippen molar-refractivity contribution >= 4 is 38.5 Å². The third-order valence-electron chi connectivity index (χ3n) is 7.82. The van der Waals surface area contributed by atoms with Crippen molar-refractivity contribution in [3.8, 4) is 11.1 Å². The van der Waals surface area contributed by atoms with E-state index in [1.807, 2.05) is 31.3 Å². The van der Waals surface area contributed by atoms with Gasteiger partial charge in [0.05, 0.1) is 39.8 Å². The number of carbonyl (C=O) groups excluding carboxylic acids is 1. The number of aryl methyl sites for hydroxylation is 2. The minimum atomic E-state index is -3.31. The number of aliphatic imine (C=N–C) groups is 1. The molecule has 1 atom stereocenters. The quantitative estimate of drug-likeness (QED) is 0.432. The summed E-state index contributed by atoms with van der Waals surface area (Å²) in [6.45, 7) is 3.14. The average molecular weight is 533 g/mol. The van der Waals surface area contributed by atoms with E-state index in [9.17, 15) is 9.00 Å². The molecule has 38 heavy (non-hydrogen) atoms. The van der Waals surface area contributed by atoms with Gasteiger partial charge in [0.25, 0.3) is 0 Å². The second-order valence-corrected chi connectivity index (χ2v) is 12.3. The predicted molar refractivity (Wildman–Crippen MR) is 152 cm³/mol. The van der Waals surface area contributed by atoms with E-state index in [4.69, 9.17) is 10.5 Å². The first-order chi connectivity index (χ1) is 18.3. The van der Waals surface area contributed by atoms with Crippen LogP contribution in [0.25, 0.3) is 16.6 Å². The molecule has 3 aliphatic rings. The lowest BCUT2D eigenvalue weighted by atomic mass is 9.75. The lowest BCUT2D eigenvalue weighted by Gasteiger charge is -2.43. The Morgan fingerprint density at radius 2 is 2.11 bits per heavy atom. The number of amides is 2. The van der Waals surface area contributed by atoms with Gasteiger partial charge >= 0.3 is 6.03 Å². The van der Waals surface area contributed by atoms with Crippen LogP contribution in [0.15, 0.2) is 52.8 Å². The Hall–Kier alpha value is -3.63. The molecular formula is C28H32N6O3S. The van der Waals surface area contributed by atoms with Crippen molar-refractivity contribution in [2.75, 3.05) is 18.5 Å². The molecule has 3 aromatic rings. The number of hydrogen-bond donors (Lipinski definition) is 3. The first-order valence-corrected chi connectivity index (χ1v) is 14.7. The largest absolute Gasteiger partial charge is 0.391 e. The van der Waals surface area contributed by atoms with Crippen LogP contribution in [-0.4, -0.2) is 50.2 Å². The first-order valence-electron chi connectivity index (χ1n) is 13.0. The van der Waals surface area contributed by atoms with E-state index in [0.29, 0.717) is 18.9 Å². The molecule has 9 nitrogen and oxygen atoms in total. The number of carbonyl (C=O) groups is 1. The number of nitrogens with one attached hydrogen (secondary N) is 2. The minimum absolute atomic E-state index is 0.0240. The summed E-state index contributed by atoms with van der Waals surface area (Å²) in [5.74, 6) is 3.76. The SMILES string of the molecule is C=S(=O)(NC(=O)Nc1c2c(cc(C)c1-c1ccn3nccc3c1)CCC2)C(N)=CC1=NCCOC12CCC2. The fraction of sp³-hybridized carbons (Fsp3) is 0.357. The molecule has 1 saturated carbocycles. The van der Waals surface area contributed by atoms with Gasteiger partial charge in [-0.3, -0.25) is 9.71 Å². The van der Waals surface area contributed by atoms with Crippen LogP contribution in [0.1, 0.15) is 42.4 Å². The summed E-state index contributed by atoms with van der Waals surface area (Å²) in [5, 5.41) is 7.28. The van der Waals surface area contributed by atoms with E-state index in [-0.39, 0.29) is 5.03 Å². The van der Waals surface area contributed by atoms with E-state index in [0.717, 1.165) is 72.0 Å². The molecule has 1 aromatic carbocycles. The number of nitrogens with zero attached hydrogens (tertiary/aromatic N) is 3. The van der Waals surface area contributed by atoms with Crippen molar-refractivity contribution in [1.29, 1.82) is 0 Å². The summed E-state index contributed by atoms with van der Waals surface area (Å²) < 4.78 is 23.8. The Bertz CT molecular complexity index is 1610. The molecule has 0 radical (unpaired) electrons. The Balaban J connectivity index is 1.30. The average Bonchev–Trinajstić information content (AvgIpc) is 3.52. The van der Waals surface area contributed by atoms with Crippen LogP contribution in [0.3, 0.4) is 0 Å². The number of fused-ring (bicyclic) bond motifs is 2. The first kappa shape index (κ1) is 24.7. The number of nitrogens with two attached hydrogens (primary N) is 1. The van der Waals surface area contributed by atoms with Crippen molar-refractivity contribution in [3.63, 3.8) is 0 Å². The van der Waals surface area contributed by atoms with Crippen molar-refractivity contribution in [2.24, 2.45) is 10.7 Å². The van der Waals surface area contributed by atoms with Gasteiger partial charge in [-0.2, -0.15) is 5.10 Å². The fourth-order valence-electron chi connectivity index (χ4n) is 5.76. The van der Waals surface area contributed by atoms with Crippen LogP contribution in [-0.2, 0) is 27.3 Å². The van der Waals surface area contributed by atoms with Gasteiger partial charge in [-0.1, -0.05) is 6.07 Å². The summed E-state index contributed by atoms with van der Waals surface area (Å²) in [6, 6.07) is 7.56. The van der Waals surface area contributed by atoms with Crippen LogP contribution < -0.4 is 15.8 Å². The molecule has 198 valence electrons. The van der Waals surface area contributed by atoms with E-state index >= 15 is 0 Å². The highest BCUT2D eigenvalue weighted by molar-refractivity contribution is 8.02. The Morgan fingerprint density at radius 3 is 2.89 bits per heavy atom. The summed E-state index contributed by atoms with van der Waals surface area (Å²) in [7, 11) is -3.31. The van der Waals surface area contributed by atoms with Crippen molar-refractivity contribution in [2.45, 2.75) is 51.0 Å². The highest BCUT2D eigenvalue weighted by Crippen LogP contribution is 2.41. The van der Waals surface area contributed by atoms with Crippen LogP contribution in [0.4, 0.5) is 10.5 Å². The van der Waals surface area contributed by atoms with E-state index in [2.05, 4.69) is 32.1 Å². The highest BCUT2D eigenvalue weighted by atomic mass is 32.2. The summed E-state index contributed by atoms with van der Waals surface area (Å²) in [6.07, 6.45) is 10.8. The standard InChI is InChI=1S/C28H32N6O3S/c1-18-15-19-5-3-6-22(19)26(25(18)20-8-13-34-21(16-20)7-11-31-34)32-27(35)33-38(2,36)24(29)17-23-28(9-4-10-28)37-14-12-30-23/h7-8,11,13,15-17H,2-6,9-10,12,14,29H2,1H3,(H2,32,33,35,36). The van der Waals surface area contributed by atoms with Gasteiger partial charge < -0.3 is 15.8 Å². The lowest BCUT2D eigenvalue weighted by Crippen LogP contribution is -2.50. The zero-order chi connectivity index (χ0) is 26.5. The molecule has 1 spiro atoms. The smallest absolute Gasteiger partial charge is 0.330 e. The number of hydrogen-bond acceptors (Lipinski definition) is 6. The number of ether oxygens (including phenoxy) is 1. The maximum Gasteiger partial charge on any atom is 0.330 e. The molecule has 3 heterocycles. The molecule has 1 unspecified atom stereocenters. The maximum absolute atomic E-state index is 13.5. The fourth-order valence-corrected chi connectivity index (χ4v) is 6.53. The number of urea groups is 1. The highest BCUT2D eigenvalue weighted by Gasteiger charge is 2.43. The summed E-state index contributed by atoms with van der Waals surface area (Å²) in [5.41, 5.74) is 13.4. The molecule has 6 rings (SSSR count). The molecule has 2 amide bonds. The zero-order valence-corrected chi connectivity index (χ0v) is 22.3. The third kappa shape index (κ3) is 4.27. The van der Waals surface area contributed by atoms with E-state index in [1.165, 1.54) is 5.56 Å². The van der Waals surface area contributed by atoms with Crippen molar-refractivity contribution in [1.82, 2.24) is 14.3 Å². The molecule has 10 heteroatoms. The maximum atomic E-state index is 13.5. The molecule has 2 aromatic heterocycles. The topological polar surface area (TPSA) is 123 Å². The monoisotopic (exact) mass is 532 g/mol. The van der Waals surface area contributed by atoms with Gasteiger partial charge in [0.15, 0.2) is 0 Å². The Morgan fingerprint density at radius 1 is 1.26 bits per heavy atom. The molecule has 0 bridgehead atoms. The van der Waals surface area contributed by atoms with Gasteiger partial charge in [-0.05, 0) is 97.8 Å². The van der Waals surface area contributed by atoms with Crippen LogP contribution in [0.5, 0.6) is 0 Å². The van der Waals surface area contributed by atoms with Crippen LogP contribution >= 0.6 is 0 Å². The number of anilines is 1. The van der Waals surface area contributed by atoms with Crippen molar-refractivity contribution in [3.05, 3.63) is 64.5 Å². The number of aromatic nitrogens is 2. The second-order valence-electron chi connectivity index (χ2n) is 10.3. The minimum Gasteiger partial charge on any atom is -0.391 e. The number of rotatable bonds is 5. The summed E-state index contributed by atoms with van der Waals surface area (Å²) in [4.78, 5) is 17.9. The zero-order valence-electron chi connectivity index (χ0n) is 21.5. The van der Waals surface area contributed by atoms with Gasteiger partial charge in [0.2, 0.25) is 0 Å². The number of pyridine rings is 1. The Kier molecular flexibility index (Phi) is 6.03. The third-order valence-corrected chi connectivity index (χ3v) is 9.22. The normalized spacial score (nSPS) is 19.9. The van der Waals surface area contributed by atoms with Gasteiger partial charge in [-0.25, -0.2) is 13.5 Å². The van der Waals surface area contributed by atoms with E-state index < -0.39 is 21.3 Å². The van der Waals surface area contributed by atoms with Gasteiger partial charge in [-0.15, -0.1) is 0 Å². The lowest BCUT2D eigenvalue weighted by molar-refractivity contribution is -0.0487. The van der Waals surface area contributed by atoms with Gasteiger partial charge in [0.1, 0.15) is 10.6 Å². The second kappa shape index (κ2) is 9.28. The summed E-state index contributed by atoms with van der Waals surface area (Å²) >= 11 is 0. The molecular weight excluding hydrogens is 500 g/mol. The number of benzene rings is 1. The molecule has 2 aliphatic carbocycles. The molecule has 0 saturated heterocycles. The Labute approximate surface area is 222 Å². The van der Waals surface area contributed by atoms with Crippen molar-refractivity contribution < 1.29 is 13.7 Å². The molecule has 4 N–H and O–H groups in total. The van der Waals surface area contributed by atoms with Crippen LogP contribution in [0.2, 0.25) is 0 Å². The molecule has 1 fully saturated rings. The molecule has 1 aliphatic heterocycles. The van der Waals surface area contributed by atoms with Crippen LogP contribution in [0, 0.1) is 6.92 Å².